The summed E-state index contributed by atoms with van der Waals surface area (Å²) in [5.74, 6) is 0.977. The Morgan fingerprint density at radius 2 is 2.00 bits per heavy atom. The maximum atomic E-state index is 5.90. The molecule has 0 amide bonds. The van der Waals surface area contributed by atoms with Gasteiger partial charge in [-0.25, -0.2) is 4.98 Å². The highest BCUT2D eigenvalue weighted by atomic mass is 35.5. The molecule has 0 aliphatic heterocycles. The van der Waals surface area contributed by atoms with Crippen LogP contribution < -0.4 is 4.74 Å². The number of nitrogens with one attached hydrogen (secondary N) is 1. The Bertz CT molecular complexity index is 947. The average molecular weight is 298 g/mol. The van der Waals surface area contributed by atoms with Gasteiger partial charge in [-0.05, 0) is 35.9 Å². The van der Waals surface area contributed by atoms with Crippen LogP contribution in [0.1, 0.15) is 0 Å². The van der Waals surface area contributed by atoms with Gasteiger partial charge < -0.3 is 9.72 Å². The Kier molecular flexibility index (Phi) is 2.68. The molecule has 1 N–H and O–H groups in total. The van der Waals surface area contributed by atoms with Gasteiger partial charge in [0.25, 0.3) is 0 Å². The van der Waals surface area contributed by atoms with Crippen molar-refractivity contribution >= 4 is 33.7 Å². The first-order valence-electron chi connectivity index (χ1n) is 6.19. The van der Waals surface area contributed by atoms with Crippen LogP contribution in [0.15, 0.2) is 42.9 Å². The van der Waals surface area contributed by atoms with Gasteiger partial charge in [0.1, 0.15) is 11.3 Å². The van der Waals surface area contributed by atoms with Crippen molar-refractivity contribution in [2.24, 2.45) is 0 Å². The van der Waals surface area contributed by atoms with Crippen molar-refractivity contribution < 1.29 is 4.74 Å². The molecule has 6 nitrogen and oxygen atoms in total. The first-order valence-corrected chi connectivity index (χ1v) is 6.57. The highest BCUT2D eigenvalue weighted by Crippen LogP contribution is 2.31. The Balaban J connectivity index is 1.89. The number of hydrogen-bond donors (Lipinski definition) is 1. The number of pyridine rings is 1. The van der Waals surface area contributed by atoms with Crippen molar-refractivity contribution in [3.8, 4) is 11.6 Å². The molecule has 0 atom stereocenters. The zero-order valence-electron chi connectivity index (χ0n) is 10.6. The second-order valence-corrected chi connectivity index (χ2v) is 4.67. The molecular weight excluding hydrogens is 290 g/mol. The molecule has 3 aromatic heterocycles. The van der Waals surface area contributed by atoms with E-state index in [1.54, 1.807) is 6.20 Å². The van der Waals surface area contributed by atoms with Crippen LogP contribution in [-0.4, -0.2) is 24.9 Å². The molecule has 0 aliphatic rings. The van der Waals surface area contributed by atoms with E-state index in [2.05, 4.69) is 24.9 Å². The number of imidazole rings is 1. The van der Waals surface area contributed by atoms with E-state index in [-0.39, 0.29) is 5.28 Å². The number of nitrogens with zero attached hydrogens (tertiary/aromatic N) is 4. The Morgan fingerprint density at radius 1 is 1.05 bits per heavy atom. The predicted octanol–water partition coefficient (Wildman–Crippen LogP) is 3.35. The molecule has 0 fully saturated rings. The Labute approximate surface area is 123 Å². The van der Waals surface area contributed by atoms with Gasteiger partial charge >= 0.3 is 0 Å². The van der Waals surface area contributed by atoms with Crippen LogP contribution in [0.25, 0.3) is 22.1 Å². The molecule has 0 unspecified atom stereocenters. The van der Waals surface area contributed by atoms with Crippen LogP contribution >= 0.6 is 11.6 Å². The lowest BCUT2D eigenvalue weighted by atomic mass is 10.2. The molecule has 4 rings (SSSR count). The summed E-state index contributed by atoms with van der Waals surface area (Å²) in [5.41, 5.74) is 1.90. The van der Waals surface area contributed by atoms with Gasteiger partial charge in [-0.15, -0.1) is 0 Å². The molecule has 21 heavy (non-hydrogen) atoms. The van der Waals surface area contributed by atoms with Gasteiger partial charge in [0, 0.05) is 11.6 Å². The molecule has 7 heteroatoms. The summed E-state index contributed by atoms with van der Waals surface area (Å²) < 4.78 is 5.90. The van der Waals surface area contributed by atoms with Crippen LogP contribution in [0.4, 0.5) is 0 Å². The third-order valence-corrected chi connectivity index (χ3v) is 3.21. The summed E-state index contributed by atoms with van der Waals surface area (Å²) >= 11 is 5.90. The van der Waals surface area contributed by atoms with E-state index in [0.29, 0.717) is 22.8 Å². The lowest BCUT2D eigenvalue weighted by Crippen LogP contribution is -1.93. The molecule has 0 saturated heterocycles. The molecule has 0 spiro atoms. The number of benzene rings is 1. The summed E-state index contributed by atoms with van der Waals surface area (Å²) in [6.07, 6.45) is 3.26. The minimum atomic E-state index is 0.0861. The maximum absolute atomic E-state index is 5.90. The fraction of sp³-hybridized carbons (Fsp3) is 0. The highest BCUT2D eigenvalue weighted by molar-refractivity contribution is 6.28. The lowest BCUT2D eigenvalue weighted by Gasteiger charge is -2.08. The van der Waals surface area contributed by atoms with E-state index < -0.39 is 0 Å². The number of rotatable bonds is 2. The fourth-order valence-corrected chi connectivity index (χ4v) is 2.28. The van der Waals surface area contributed by atoms with Gasteiger partial charge in [0.15, 0.2) is 5.65 Å². The normalized spacial score (nSPS) is 11.1. The van der Waals surface area contributed by atoms with Gasteiger partial charge in [0.05, 0.1) is 11.8 Å². The number of aromatic nitrogens is 5. The Morgan fingerprint density at radius 3 is 2.95 bits per heavy atom. The third kappa shape index (κ3) is 2.05. The minimum absolute atomic E-state index is 0.0861. The highest BCUT2D eigenvalue weighted by Gasteiger charge is 2.12. The molecule has 0 radical (unpaired) electrons. The number of halogens is 1. The summed E-state index contributed by atoms with van der Waals surface area (Å²) in [6, 6.07) is 9.43. The van der Waals surface area contributed by atoms with Crippen molar-refractivity contribution in [1.29, 1.82) is 0 Å². The van der Waals surface area contributed by atoms with E-state index in [1.807, 2.05) is 30.3 Å². The predicted molar refractivity (Wildman–Crippen MR) is 78.5 cm³/mol. The third-order valence-electron chi connectivity index (χ3n) is 3.04. The number of fused-ring (bicyclic) bond motifs is 2. The number of aromatic amines is 1. The largest absolute Gasteiger partial charge is 0.436 e. The molecular formula is C14H8ClN5O. The molecule has 4 aromatic rings. The SMILES string of the molecule is Clc1nc(Oc2cccc3ncccc23)c2[nH]cnc2n1. The van der Waals surface area contributed by atoms with Crippen molar-refractivity contribution in [1.82, 2.24) is 24.9 Å². The van der Waals surface area contributed by atoms with Crippen LogP contribution in [0, 0.1) is 0 Å². The topological polar surface area (TPSA) is 76.6 Å². The van der Waals surface area contributed by atoms with Crippen molar-refractivity contribution in [3.05, 3.63) is 48.1 Å². The second-order valence-electron chi connectivity index (χ2n) is 4.33. The van der Waals surface area contributed by atoms with E-state index in [4.69, 9.17) is 16.3 Å². The molecule has 0 saturated carbocycles. The summed E-state index contributed by atoms with van der Waals surface area (Å²) in [4.78, 5) is 19.4. The molecule has 3 heterocycles. The van der Waals surface area contributed by atoms with E-state index in [9.17, 15) is 0 Å². The minimum Gasteiger partial charge on any atom is -0.436 e. The van der Waals surface area contributed by atoms with Gasteiger partial charge in [0.2, 0.25) is 11.2 Å². The van der Waals surface area contributed by atoms with Crippen LogP contribution in [0.5, 0.6) is 11.6 Å². The number of hydrogen-bond acceptors (Lipinski definition) is 5. The summed E-state index contributed by atoms with van der Waals surface area (Å²) in [6.45, 7) is 0. The van der Waals surface area contributed by atoms with Gasteiger partial charge in [-0.3, -0.25) is 4.98 Å². The lowest BCUT2D eigenvalue weighted by molar-refractivity contribution is 0.472. The number of ether oxygens (including phenoxy) is 1. The molecule has 1 aromatic carbocycles. The molecule has 0 bridgehead atoms. The average Bonchev–Trinajstić information content (AvgIpc) is 2.96. The summed E-state index contributed by atoms with van der Waals surface area (Å²) in [5, 5.41) is 0.977. The quantitative estimate of drug-likeness (QED) is 0.574. The first kappa shape index (κ1) is 12.0. The number of H-pyrrole nitrogens is 1. The van der Waals surface area contributed by atoms with E-state index in [0.717, 1.165) is 10.9 Å². The van der Waals surface area contributed by atoms with Crippen molar-refractivity contribution in [2.45, 2.75) is 0 Å². The second kappa shape index (κ2) is 4.68. The van der Waals surface area contributed by atoms with Crippen molar-refractivity contribution in [2.75, 3.05) is 0 Å². The van der Waals surface area contributed by atoms with E-state index in [1.165, 1.54) is 6.33 Å². The monoisotopic (exact) mass is 297 g/mol. The van der Waals surface area contributed by atoms with Crippen molar-refractivity contribution in [3.63, 3.8) is 0 Å². The standard InChI is InChI=1S/C14H8ClN5O/c15-14-19-12-11(17-7-18-12)13(20-14)21-10-5-1-4-9-8(10)3-2-6-16-9/h1-7H,(H,17,18,19,20). The zero-order valence-corrected chi connectivity index (χ0v) is 11.4. The smallest absolute Gasteiger partial charge is 0.250 e. The zero-order chi connectivity index (χ0) is 14.2. The van der Waals surface area contributed by atoms with E-state index >= 15 is 0 Å². The molecule has 0 aliphatic carbocycles. The van der Waals surface area contributed by atoms with Crippen LogP contribution in [0.3, 0.4) is 0 Å². The van der Waals surface area contributed by atoms with Crippen LogP contribution in [-0.2, 0) is 0 Å². The maximum Gasteiger partial charge on any atom is 0.250 e. The fourth-order valence-electron chi connectivity index (χ4n) is 2.12. The van der Waals surface area contributed by atoms with Gasteiger partial charge in [-0.2, -0.15) is 9.97 Å². The first-order chi connectivity index (χ1) is 10.3. The van der Waals surface area contributed by atoms with Gasteiger partial charge in [-0.1, -0.05) is 6.07 Å². The summed E-state index contributed by atoms with van der Waals surface area (Å²) in [7, 11) is 0. The van der Waals surface area contributed by atoms with Crippen LogP contribution in [0.2, 0.25) is 5.28 Å². The Hall–Kier alpha value is -2.73. The molecule has 102 valence electrons.